The van der Waals surface area contributed by atoms with Gasteiger partial charge in [0, 0.05) is 18.7 Å². The molecule has 0 fully saturated rings. The van der Waals surface area contributed by atoms with Gasteiger partial charge in [-0.05, 0) is 36.0 Å². The van der Waals surface area contributed by atoms with Crippen LogP contribution in [0.3, 0.4) is 0 Å². The van der Waals surface area contributed by atoms with Crippen LogP contribution in [0.15, 0.2) is 54.6 Å². The average Bonchev–Trinajstić information content (AvgIpc) is 2.80. The summed E-state index contributed by atoms with van der Waals surface area (Å²) in [6.07, 6.45) is 2.20. The Bertz CT molecular complexity index is 743. The Morgan fingerprint density at radius 2 is 1.80 bits per heavy atom. The predicted octanol–water partition coefficient (Wildman–Crippen LogP) is 3.28. The van der Waals surface area contributed by atoms with Gasteiger partial charge in [-0.3, -0.25) is 9.59 Å². The van der Waals surface area contributed by atoms with E-state index in [0.29, 0.717) is 13.0 Å². The first kappa shape index (κ1) is 17.2. The fraction of sp³-hybridized carbons (Fsp3) is 0.333. The second-order valence-electron chi connectivity index (χ2n) is 6.58. The monoisotopic (exact) mass is 336 g/mol. The highest BCUT2D eigenvalue weighted by molar-refractivity contribution is 5.99. The van der Waals surface area contributed by atoms with E-state index in [-0.39, 0.29) is 24.3 Å². The number of nitrogens with zero attached hydrogens (tertiary/aromatic N) is 1. The van der Waals surface area contributed by atoms with E-state index in [1.807, 2.05) is 42.5 Å². The Kier molecular flexibility index (Phi) is 5.49. The van der Waals surface area contributed by atoms with Crippen LogP contribution in [0.4, 0.5) is 5.69 Å². The minimum Gasteiger partial charge on any atom is -0.354 e. The fourth-order valence-corrected chi connectivity index (χ4v) is 3.22. The van der Waals surface area contributed by atoms with Crippen molar-refractivity contribution in [2.45, 2.75) is 32.1 Å². The first-order valence-electron chi connectivity index (χ1n) is 8.85. The molecule has 1 aliphatic heterocycles. The molecule has 4 heteroatoms. The molecule has 25 heavy (non-hydrogen) atoms. The van der Waals surface area contributed by atoms with Crippen LogP contribution in [0, 0.1) is 0 Å². The smallest absolute Gasteiger partial charge is 0.240 e. The lowest BCUT2D eigenvalue weighted by molar-refractivity contribution is -0.123. The third-order valence-corrected chi connectivity index (χ3v) is 4.70. The van der Waals surface area contributed by atoms with E-state index in [1.165, 1.54) is 5.56 Å². The molecule has 1 N–H and O–H groups in total. The standard InChI is InChI=1S/C21H24N2O2/c1-16(17-8-3-2-4-9-17)14-22-20(24)15-23-19-12-6-5-10-18(19)11-7-13-21(23)25/h2-6,8-10,12,16H,7,11,13-15H2,1H3,(H,22,24)/t16-/m1/s1. The molecule has 0 saturated carbocycles. The van der Waals surface area contributed by atoms with Crippen LogP contribution < -0.4 is 10.2 Å². The average molecular weight is 336 g/mol. The Labute approximate surface area is 148 Å². The van der Waals surface area contributed by atoms with Crippen molar-refractivity contribution < 1.29 is 9.59 Å². The molecule has 2 aromatic rings. The predicted molar refractivity (Wildman–Crippen MR) is 99.6 cm³/mol. The molecule has 3 rings (SSSR count). The number of aryl methyl sites for hydroxylation is 1. The second kappa shape index (κ2) is 7.97. The molecule has 130 valence electrons. The maximum absolute atomic E-state index is 12.4. The molecule has 0 unspecified atom stereocenters. The molecule has 2 aromatic carbocycles. The quantitative estimate of drug-likeness (QED) is 0.911. The van der Waals surface area contributed by atoms with Gasteiger partial charge in [-0.2, -0.15) is 0 Å². The van der Waals surface area contributed by atoms with Crippen molar-refractivity contribution in [1.29, 1.82) is 0 Å². The normalized spacial score (nSPS) is 15.2. The highest BCUT2D eigenvalue weighted by atomic mass is 16.2. The van der Waals surface area contributed by atoms with Crippen molar-refractivity contribution in [1.82, 2.24) is 5.32 Å². The molecular formula is C21H24N2O2. The maximum Gasteiger partial charge on any atom is 0.240 e. The van der Waals surface area contributed by atoms with Crippen molar-refractivity contribution in [2.24, 2.45) is 0 Å². The summed E-state index contributed by atoms with van der Waals surface area (Å²) in [7, 11) is 0. The van der Waals surface area contributed by atoms with Crippen LogP contribution in [0.2, 0.25) is 0 Å². The van der Waals surface area contributed by atoms with Crippen molar-refractivity contribution in [3.8, 4) is 0 Å². The van der Waals surface area contributed by atoms with Gasteiger partial charge < -0.3 is 10.2 Å². The van der Waals surface area contributed by atoms with Crippen molar-refractivity contribution in [3.63, 3.8) is 0 Å². The number of benzene rings is 2. The highest BCUT2D eigenvalue weighted by Gasteiger charge is 2.24. The minimum atomic E-state index is -0.118. The largest absolute Gasteiger partial charge is 0.354 e. The summed E-state index contributed by atoms with van der Waals surface area (Å²) in [5.41, 5.74) is 3.20. The Morgan fingerprint density at radius 1 is 1.08 bits per heavy atom. The van der Waals surface area contributed by atoms with Gasteiger partial charge in [0.25, 0.3) is 0 Å². The molecule has 0 saturated heterocycles. The summed E-state index contributed by atoms with van der Waals surface area (Å²) in [5.74, 6) is 0.140. The van der Waals surface area contributed by atoms with Crippen molar-refractivity contribution in [3.05, 3.63) is 65.7 Å². The lowest BCUT2D eigenvalue weighted by Crippen LogP contribution is -2.41. The Morgan fingerprint density at radius 3 is 2.60 bits per heavy atom. The number of hydrogen-bond donors (Lipinski definition) is 1. The van der Waals surface area contributed by atoms with Gasteiger partial charge in [0.1, 0.15) is 6.54 Å². The second-order valence-corrected chi connectivity index (χ2v) is 6.58. The number of carbonyl (C=O) groups excluding carboxylic acids is 2. The number of anilines is 1. The summed E-state index contributed by atoms with van der Waals surface area (Å²) in [6.45, 7) is 2.73. The van der Waals surface area contributed by atoms with Gasteiger partial charge in [0.2, 0.25) is 11.8 Å². The number of carbonyl (C=O) groups is 2. The molecule has 1 heterocycles. The molecule has 0 aliphatic carbocycles. The third-order valence-electron chi connectivity index (χ3n) is 4.70. The first-order valence-corrected chi connectivity index (χ1v) is 8.85. The van der Waals surface area contributed by atoms with E-state index in [2.05, 4.69) is 24.4 Å². The Hall–Kier alpha value is -2.62. The van der Waals surface area contributed by atoms with E-state index in [1.54, 1.807) is 4.90 Å². The van der Waals surface area contributed by atoms with Crippen molar-refractivity contribution in [2.75, 3.05) is 18.0 Å². The summed E-state index contributed by atoms with van der Waals surface area (Å²) < 4.78 is 0. The summed E-state index contributed by atoms with van der Waals surface area (Å²) in [6, 6.07) is 18.0. The molecule has 4 nitrogen and oxygen atoms in total. The molecule has 1 atom stereocenters. The lowest BCUT2D eigenvalue weighted by atomic mass is 10.0. The van der Waals surface area contributed by atoms with Crippen LogP contribution in [0.5, 0.6) is 0 Å². The zero-order valence-electron chi connectivity index (χ0n) is 14.6. The van der Waals surface area contributed by atoms with Crippen LogP contribution in [0.25, 0.3) is 0 Å². The number of nitrogens with one attached hydrogen (secondary N) is 1. The van der Waals surface area contributed by atoms with Gasteiger partial charge in [-0.1, -0.05) is 55.5 Å². The van der Waals surface area contributed by atoms with Crippen LogP contribution in [-0.4, -0.2) is 24.9 Å². The van der Waals surface area contributed by atoms with Crippen LogP contribution >= 0.6 is 0 Å². The third kappa shape index (κ3) is 4.27. The fourth-order valence-electron chi connectivity index (χ4n) is 3.22. The maximum atomic E-state index is 12.4. The minimum absolute atomic E-state index is 0.0243. The van der Waals surface area contributed by atoms with Gasteiger partial charge in [-0.15, -0.1) is 0 Å². The first-order chi connectivity index (χ1) is 12.1. The van der Waals surface area contributed by atoms with E-state index >= 15 is 0 Å². The van der Waals surface area contributed by atoms with E-state index in [0.717, 1.165) is 24.1 Å². The van der Waals surface area contributed by atoms with Gasteiger partial charge >= 0.3 is 0 Å². The zero-order chi connectivity index (χ0) is 17.6. The number of fused-ring (bicyclic) bond motifs is 1. The SMILES string of the molecule is C[C@H](CNC(=O)CN1C(=O)CCCc2ccccc21)c1ccccc1. The number of para-hydroxylation sites is 1. The Balaban J connectivity index is 1.63. The number of amides is 2. The number of hydrogen-bond acceptors (Lipinski definition) is 2. The molecule has 0 bridgehead atoms. The van der Waals surface area contributed by atoms with E-state index < -0.39 is 0 Å². The topological polar surface area (TPSA) is 49.4 Å². The highest BCUT2D eigenvalue weighted by Crippen LogP contribution is 2.26. The van der Waals surface area contributed by atoms with Gasteiger partial charge in [0.15, 0.2) is 0 Å². The summed E-state index contributed by atoms with van der Waals surface area (Å²) in [4.78, 5) is 26.5. The van der Waals surface area contributed by atoms with Crippen molar-refractivity contribution >= 4 is 17.5 Å². The molecule has 0 spiro atoms. The molecule has 1 aliphatic rings. The van der Waals surface area contributed by atoms with Crippen LogP contribution in [0.1, 0.15) is 36.8 Å². The zero-order valence-corrected chi connectivity index (χ0v) is 14.6. The molecule has 0 radical (unpaired) electrons. The van der Waals surface area contributed by atoms with Crippen LogP contribution in [-0.2, 0) is 16.0 Å². The summed E-state index contributed by atoms with van der Waals surface area (Å²) in [5, 5.41) is 2.97. The van der Waals surface area contributed by atoms with Gasteiger partial charge in [0.05, 0.1) is 0 Å². The lowest BCUT2D eigenvalue weighted by Gasteiger charge is -2.23. The molecule has 0 aromatic heterocycles. The molecule has 2 amide bonds. The van der Waals surface area contributed by atoms with Gasteiger partial charge in [-0.25, -0.2) is 0 Å². The molecular weight excluding hydrogens is 312 g/mol. The van der Waals surface area contributed by atoms with E-state index in [4.69, 9.17) is 0 Å². The summed E-state index contributed by atoms with van der Waals surface area (Å²) >= 11 is 0. The number of rotatable bonds is 5. The van der Waals surface area contributed by atoms with E-state index in [9.17, 15) is 9.59 Å².